The van der Waals surface area contributed by atoms with Gasteiger partial charge in [-0.25, -0.2) is 22.4 Å². The Bertz CT molecular complexity index is 2100. The summed E-state index contributed by atoms with van der Waals surface area (Å²) in [5, 5.41) is 13.0. The highest BCUT2D eigenvalue weighted by molar-refractivity contribution is 6.04. The molecule has 2 fully saturated rings. The van der Waals surface area contributed by atoms with Gasteiger partial charge in [0.25, 0.3) is 0 Å². The van der Waals surface area contributed by atoms with Gasteiger partial charge in [0.05, 0.1) is 5.69 Å². The number of benzene rings is 4. The summed E-state index contributed by atoms with van der Waals surface area (Å²) >= 11 is 0. The lowest BCUT2D eigenvalue weighted by Crippen LogP contribution is -2.55. The Morgan fingerprint density at radius 3 is 1.80 bits per heavy atom. The highest BCUT2D eigenvalue weighted by Gasteiger charge is 2.42. The lowest BCUT2D eigenvalue weighted by Gasteiger charge is -2.45. The number of aryl methyl sites for hydroxylation is 1. The highest BCUT2D eigenvalue weighted by Crippen LogP contribution is 2.38. The van der Waals surface area contributed by atoms with E-state index in [-0.39, 0.29) is 40.5 Å². The second-order valence-electron chi connectivity index (χ2n) is 14.9. The third kappa shape index (κ3) is 9.48. The summed E-state index contributed by atoms with van der Waals surface area (Å²) in [7, 11) is 0. The number of rotatable bonds is 3. The van der Waals surface area contributed by atoms with Gasteiger partial charge in [0.15, 0.2) is 11.6 Å². The Hall–Kier alpha value is -5.47. The first-order chi connectivity index (χ1) is 26.8. The molecule has 0 saturated carbocycles. The minimum absolute atomic E-state index is 0.0557. The number of piperidine rings is 2. The van der Waals surface area contributed by atoms with Gasteiger partial charge in [-0.05, 0) is 117 Å². The zero-order valence-electron chi connectivity index (χ0n) is 31.3. The number of urea groups is 1. The molecule has 0 bridgehead atoms. The highest BCUT2D eigenvalue weighted by atomic mass is 19.1. The lowest BCUT2D eigenvalue weighted by molar-refractivity contribution is 0.0911. The number of halogens is 4. The molecule has 56 heavy (non-hydrogen) atoms. The van der Waals surface area contributed by atoms with E-state index >= 15 is 0 Å². The van der Waals surface area contributed by atoms with Crippen LogP contribution in [0.2, 0.25) is 0 Å². The molecule has 0 aromatic heterocycles. The second kappa shape index (κ2) is 17.1. The van der Waals surface area contributed by atoms with Crippen molar-refractivity contribution in [1.82, 2.24) is 15.5 Å². The number of nitrogens with two attached hydrogens (primary N) is 2. The number of hydrogen-bond donors (Lipinski definition) is 6. The minimum atomic E-state index is -0.419. The van der Waals surface area contributed by atoms with Gasteiger partial charge in [0.2, 0.25) is 0 Å². The summed E-state index contributed by atoms with van der Waals surface area (Å²) in [6.45, 7) is 5.31. The molecule has 0 unspecified atom stereocenters. The van der Waals surface area contributed by atoms with E-state index in [9.17, 15) is 31.9 Å². The molecule has 8 N–H and O–H groups in total. The predicted octanol–water partition coefficient (Wildman–Crippen LogP) is 6.83. The summed E-state index contributed by atoms with van der Waals surface area (Å²) < 4.78 is 52.4. The number of carbonyl (C=O) groups excluding carboxylic acids is 3. The van der Waals surface area contributed by atoms with E-state index in [1.807, 2.05) is 0 Å². The number of anilines is 3. The molecule has 8 rings (SSSR count). The molecule has 4 aliphatic rings. The second-order valence-corrected chi connectivity index (χ2v) is 14.9. The molecule has 0 radical (unpaired) electrons. The summed E-state index contributed by atoms with van der Waals surface area (Å²) in [6.07, 6.45) is 3.93. The Balaban J connectivity index is 0.000000165. The molecular weight excluding hydrogens is 726 g/mol. The van der Waals surface area contributed by atoms with Gasteiger partial charge in [-0.15, -0.1) is 0 Å². The average molecular weight is 774 g/mol. The fourth-order valence-corrected chi connectivity index (χ4v) is 7.65. The summed E-state index contributed by atoms with van der Waals surface area (Å²) in [5.41, 5.74) is 14.8. The van der Waals surface area contributed by atoms with Gasteiger partial charge in [-0.2, -0.15) is 0 Å². The standard InChI is InChI=1S/C22H23F2N3O2.C13H15FN2O.C7H9FN2/c1-14-10-15(2-4-18(14)24)13-25-21(29)27-8-6-22(7-9-27)12-20(28)17-11-16(23)3-5-19(17)26-22;14-9-1-2-11-10(7-9)12(17)8-13(16-11)3-5-15-6-4-13;8-6-2-1-5(4-9)3-7(6)10/h2-5,10-11,26H,6-9,12-13H2,1H3,(H,25,29);1-2,7,15-16H,3-6,8H2;1-3H,4,9-10H2. The van der Waals surface area contributed by atoms with Crippen LogP contribution in [0.1, 0.15) is 75.9 Å². The van der Waals surface area contributed by atoms with Crippen LogP contribution < -0.4 is 32.7 Å². The van der Waals surface area contributed by atoms with Crippen molar-refractivity contribution in [2.24, 2.45) is 5.73 Å². The van der Waals surface area contributed by atoms with E-state index < -0.39 is 17.2 Å². The van der Waals surface area contributed by atoms with E-state index in [0.717, 1.165) is 42.7 Å². The Labute approximate surface area is 323 Å². The summed E-state index contributed by atoms with van der Waals surface area (Å²) in [4.78, 5) is 38.8. The smallest absolute Gasteiger partial charge is 0.317 e. The third-order valence-corrected chi connectivity index (χ3v) is 10.9. The first kappa shape index (κ1) is 40.2. The van der Waals surface area contributed by atoms with Crippen LogP contribution in [-0.4, -0.2) is 59.8 Å². The molecule has 296 valence electrons. The number of hydrogen-bond acceptors (Lipinski definition) is 8. The normalized spacial score (nSPS) is 17.6. The van der Waals surface area contributed by atoms with Crippen molar-refractivity contribution in [3.05, 3.63) is 124 Å². The van der Waals surface area contributed by atoms with E-state index in [4.69, 9.17) is 11.5 Å². The molecule has 4 aliphatic heterocycles. The van der Waals surface area contributed by atoms with Gasteiger partial charge in [0, 0.05) is 72.6 Å². The van der Waals surface area contributed by atoms with E-state index in [1.165, 1.54) is 42.5 Å². The Morgan fingerprint density at radius 1 is 0.732 bits per heavy atom. The van der Waals surface area contributed by atoms with Gasteiger partial charge in [-0.3, -0.25) is 9.59 Å². The van der Waals surface area contributed by atoms with Crippen molar-refractivity contribution in [3.8, 4) is 0 Å². The maximum Gasteiger partial charge on any atom is 0.317 e. The van der Waals surface area contributed by atoms with E-state index in [1.54, 1.807) is 42.2 Å². The summed E-state index contributed by atoms with van der Waals surface area (Å²) in [6, 6.07) is 17.7. The van der Waals surface area contributed by atoms with Crippen molar-refractivity contribution in [3.63, 3.8) is 0 Å². The predicted molar refractivity (Wildman–Crippen MR) is 208 cm³/mol. The molecule has 4 aromatic carbocycles. The van der Waals surface area contributed by atoms with Gasteiger partial charge < -0.3 is 37.6 Å². The van der Waals surface area contributed by atoms with Gasteiger partial charge >= 0.3 is 6.03 Å². The van der Waals surface area contributed by atoms with Crippen LogP contribution in [0.15, 0.2) is 72.8 Å². The van der Waals surface area contributed by atoms with Crippen molar-refractivity contribution in [2.45, 2.75) is 69.6 Å². The number of amides is 2. The lowest BCUT2D eigenvalue weighted by atomic mass is 9.78. The maximum atomic E-state index is 13.4. The minimum Gasteiger partial charge on any atom is -0.396 e. The largest absolute Gasteiger partial charge is 0.396 e. The molecule has 2 saturated heterocycles. The molecule has 0 atom stereocenters. The molecule has 4 aromatic rings. The van der Waals surface area contributed by atoms with Gasteiger partial charge in [-0.1, -0.05) is 18.2 Å². The van der Waals surface area contributed by atoms with Crippen LogP contribution >= 0.6 is 0 Å². The maximum absolute atomic E-state index is 13.4. The number of likely N-dealkylation sites (tertiary alicyclic amines) is 1. The average Bonchev–Trinajstić information content (AvgIpc) is 3.18. The molecule has 2 spiro atoms. The first-order valence-electron chi connectivity index (χ1n) is 18.7. The number of nitrogens with one attached hydrogen (secondary N) is 4. The van der Waals surface area contributed by atoms with Crippen LogP contribution in [0, 0.1) is 30.2 Å². The molecule has 0 aliphatic carbocycles. The van der Waals surface area contributed by atoms with Crippen molar-refractivity contribution in [1.29, 1.82) is 0 Å². The van der Waals surface area contributed by atoms with Crippen LogP contribution in [0.3, 0.4) is 0 Å². The van der Waals surface area contributed by atoms with Crippen molar-refractivity contribution < 1.29 is 31.9 Å². The molecule has 10 nitrogen and oxygen atoms in total. The number of ketones is 2. The van der Waals surface area contributed by atoms with Gasteiger partial charge in [0.1, 0.15) is 23.3 Å². The quantitative estimate of drug-likeness (QED) is 0.0979. The van der Waals surface area contributed by atoms with Crippen LogP contribution in [0.4, 0.5) is 39.4 Å². The van der Waals surface area contributed by atoms with E-state index in [2.05, 4.69) is 21.3 Å². The van der Waals surface area contributed by atoms with Crippen LogP contribution in [0.25, 0.3) is 0 Å². The fraction of sp³-hybridized carbons (Fsp3) is 0.357. The van der Waals surface area contributed by atoms with Crippen molar-refractivity contribution in [2.75, 3.05) is 42.5 Å². The topological polar surface area (TPSA) is 155 Å². The zero-order chi connectivity index (χ0) is 40.0. The van der Waals surface area contributed by atoms with Crippen molar-refractivity contribution >= 4 is 34.7 Å². The van der Waals surface area contributed by atoms with Crippen LogP contribution in [0.5, 0.6) is 0 Å². The Morgan fingerprint density at radius 2 is 1.27 bits per heavy atom. The third-order valence-electron chi connectivity index (χ3n) is 10.9. The van der Waals surface area contributed by atoms with E-state index in [0.29, 0.717) is 74.2 Å². The first-order valence-corrected chi connectivity index (χ1v) is 18.7. The number of nitrogen functional groups attached to an aromatic ring is 1. The summed E-state index contributed by atoms with van der Waals surface area (Å²) in [5.74, 6) is -1.43. The Kier molecular flexibility index (Phi) is 12.3. The molecule has 14 heteroatoms. The molecular formula is C42H47F4N7O3. The monoisotopic (exact) mass is 773 g/mol. The number of carbonyl (C=O) groups is 3. The molecule has 4 heterocycles. The van der Waals surface area contributed by atoms with Crippen LogP contribution in [-0.2, 0) is 13.1 Å². The number of nitrogens with zero attached hydrogens (tertiary/aromatic N) is 1. The SMILES string of the molecule is Cc1cc(CNC(=O)N2CCC3(CC2)CC(=O)c2cc(F)ccc2N3)ccc1F.NCc1ccc(F)c(N)c1.O=C1CC2(CCNCC2)Nc2ccc(F)cc21. The fourth-order valence-electron chi connectivity index (χ4n) is 7.65. The zero-order valence-corrected chi connectivity index (χ0v) is 31.3. The number of Topliss-reactive ketones (excluding diaryl/α,β-unsaturated/α-hetero) is 2. The number of fused-ring (bicyclic) bond motifs is 2. The molecule has 2 amide bonds.